The van der Waals surface area contributed by atoms with Gasteiger partial charge in [0.2, 0.25) is 10.0 Å². The first-order chi connectivity index (χ1) is 15.1. The van der Waals surface area contributed by atoms with Crippen LogP contribution in [0.15, 0.2) is 47.5 Å². The average Bonchev–Trinajstić information content (AvgIpc) is 3.17. The summed E-state index contributed by atoms with van der Waals surface area (Å²) in [5.41, 5.74) is 0.393. The number of nitrogens with one attached hydrogen (secondary N) is 1. The molecule has 1 fully saturated rings. The molecule has 1 aromatic heterocycles. The lowest BCUT2D eigenvalue weighted by molar-refractivity contribution is -0.123. The Morgan fingerprint density at radius 3 is 2.25 bits per heavy atom. The van der Waals surface area contributed by atoms with Crippen molar-refractivity contribution in [3.8, 4) is 0 Å². The van der Waals surface area contributed by atoms with Gasteiger partial charge in [0.1, 0.15) is 5.69 Å². The van der Waals surface area contributed by atoms with E-state index in [4.69, 9.17) is 4.74 Å². The number of esters is 1. The molecule has 0 spiro atoms. The third-order valence-corrected chi connectivity index (χ3v) is 7.17. The third kappa shape index (κ3) is 5.43. The van der Waals surface area contributed by atoms with Crippen molar-refractivity contribution in [1.29, 1.82) is 0 Å². The number of carbonyl (C=O) groups is 3. The van der Waals surface area contributed by atoms with E-state index in [9.17, 15) is 22.8 Å². The zero-order valence-corrected chi connectivity index (χ0v) is 19.1. The lowest BCUT2D eigenvalue weighted by Gasteiger charge is -2.34. The van der Waals surface area contributed by atoms with Gasteiger partial charge in [-0.2, -0.15) is 4.31 Å². The molecule has 0 radical (unpaired) electrons. The molecule has 1 aromatic carbocycles. The fourth-order valence-corrected chi connectivity index (χ4v) is 5.53. The highest BCUT2D eigenvalue weighted by Gasteiger charge is 2.31. The Bertz CT molecular complexity index is 1100. The van der Waals surface area contributed by atoms with Crippen LogP contribution in [0, 0.1) is 11.8 Å². The smallest absolute Gasteiger partial charge is 0.338 e. The first-order valence-corrected chi connectivity index (χ1v) is 11.7. The van der Waals surface area contributed by atoms with Gasteiger partial charge >= 0.3 is 5.97 Å². The molecule has 1 saturated heterocycles. The Kier molecular flexibility index (Phi) is 7.15. The van der Waals surface area contributed by atoms with Crippen LogP contribution in [0.4, 0.5) is 0 Å². The molecule has 0 bridgehead atoms. The highest BCUT2D eigenvalue weighted by molar-refractivity contribution is 7.89. The van der Waals surface area contributed by atoms with Gasteiger partial charge in [-0.1, -0.05) is 13.8 Å². The van der Waals surface area contributed by atoms with Crippen molar-refractivity contribution >= 4 is 27.8 Å². The zero-order valence-electron chi connectivity index (χ0n) is 18.3. The van der Waals surface area contributed by atoms with E-state index in [1.807, 2.05) is 13.8 Å². The van der Waals surface area contributed by atoms with Crippen molar-refractivity contribution in [2.45, 2.75) is 25.2 Å². The van der Waals surface area contributed by atoms with Crippen molar-refractivity contribution in [1.82, 2.24) is 14.2 Å². The van der Waals surface area contributed by atoms with Gasteiger partial charge in [-0.3, -0.25) is 14.9 Å². The molecule has 2 amide bonds. The second kappa shape index (κ2) is 9.66. The number of rotatable bonds is 6. The molecular formula is C22H27N3O6S. The van der Waals surface area contributed by atoms with Crippen LogP contribution < -0.4 is 5.32 Å². The summed E-state index contributed by atoms with van der Waals surface area (Å²) in [4.78, 5) is 36.2. The van der Waals surface area contributed by atoms with Gasteiger partial charge in [-0.25, -0.2) is 13.2 Å². The number of hydrogen-bond donors (Lipinski definition) is 1. The minimum atomic E-state index is -3.66. The molecule has 0 saturated carbocycles. The van der Waals surface area contributed by atoms with E-state index in [0.29, 0.717) is 18.8 Å². The number of hydrogen-bond acceptors (Lipinski definition) is 6. The molecule has 172 valence electrons. The number of piperidine rings is 1. The molecule has 32 heavy (non-hydrogen) atoms. The second-order valence-electron chi connectivity index (χ2n) is 8.25. The summed E-state index contributed by atoms with van der Waals surface area (Å²) in [5, 5.41) is 2.14. The molecule has 0 unspecified atom stereocenters. The topological polar surface area (TPSA) is 115 Å². The first-order valence-electron chi connectivity index (χ1n) is 10.3. The van der Waals surface area contributed by atoms with Crippen LogP contribution in [-0.4, -0.2) is 54.8 Å². The number of aryl methyl sites for hydroxylation is 1. The molecule has 10 heteroatoms. The Hall–Kier alpha value is -2.98. The van der Waals surface area contributed by atoms with Gasteiger partial charge in [-0.15, -0.1) is 0 Å². The minimum absolute atomic E-state index is 0.0984. The number of ether oxygens (including phenoxy) is 1. The SMILES string of the molecule is C[C@H]1C[C@H](C)CN(S(=O)(=O)c2ccc(C(=O)OCC(=O)NC(=O)c3cccn3C)cc2)C1. The molecule has 2 aromatic rings. The Balaban J connectivity index is 1.57. The Morgan fingerprint density at radius 2 is 1.69 bits per heavy atom. The van der Waals surface area contributed by atoms with Crippen molar-refractivity contribution < 1.29 is 27.5 Å². The molecule has 2 atom stereocenters. The van der Waals surface area contributed by atoms with Crippen LogP contribution in [0.1, 0.15) is 41.1 Å². The Morgan fingerprint density at radius 1 is 1.06 bits per heavy atom. The third-order valence-electron chi connectivity index (χ3n) is 5.33. The summed E-state index contributed by atoms with van der Waals surface area (Å²) in [6.45, 7) is 4.35. The van der Waals surface area contributed by atoms with E-state index in [0.717, 1.165) is 6.42 Å². The van der Waals surface area contributed by atoms with Crippen LogP contribution in [0.5, 0.6) is 0 Å². The summed E-state index contributed by atoms with van der Waals surface area (Å²) in [6, 6.07) is 8.62. The number of aromatic nitrogens is 1. The molecular weight excluding hydrogens is 434 g/mol. The monoisotopic (exact) mass is 461 g/mol. The van der Waals surface area contributed by atoms with Crippen LogP contribution in [0.2, 0.25) is 0 Å². The van der Waals surface area contributed by atoms with E-state index >= 15 is 0 Å². The summed E-state index contributed by atoms with van der Waals surface area (Å²) >= 11 is 0. The average molecular weight is 462 g/mol. The normalized spacial score (nSPS) is 19.3. The molecule has 9 nitrogen and oxygen atoms in total. The predicted molar refractivity (Wildman–Crippen MR) is 116 cm³/mol. The molecule has 2 heterocycles. The van der Waals surface area contributed by atoms with Crippen LogP contribution in [-0.2, 0) is 26.6 Å². The number of amides is 2. The summed E-state index contributed by atoms with van der Waals surface area (Å²) in [7, 11) is -1.99. The van der Waals surface area contributed by atoms with Gasteiger partial charge in [-0.05, 0) is 54.7 Å². The number of benzene rings is 1. The fraction of sp³-hybridized carbons (Fsp3) is 0.409. The van der Waals surface area contributed by atoms with Gasteiger partial charge in [0.25, 0.3) is 11.8 Å². The second-order valence-corrected chi connectivity index (χ2v) is 10.2. The first kappa shape index (κ1) is 23.7. The molecule has 1 aliphatic heterocycles. The highest BCUT2D eigenvalue weighted by atomic mass is 32.2. The largest absolute Gasteiger partial charge is 0.452 e. The Labute approximate surface area is 187 Å². The zero-order chi connectivity index (χ0) is 23.5. The van der Waals surface area contributed by atoms with Crippen molar-refractivity contribution in [2.24, 2.45) is 18.9 Å². The predicted octanol–water partition coefficient (Wildman–Crippen LogP) is 1.81. The minimum Gasteiger partial charge on any atom is -0.452 e. The quantitative estimate of drug-likeness (QED) is 0.656. The van der Waals surface area contributed by atoms with E-state index in [1.54, 1.807) is 29.9 Å². The van der Waals surface area contributed by atoms with Crippen molar-refractivity contribution in [2.75, 3.05) is 19.7 Å². The lowest BCUT2D eigenvalue weighted by atomic mass is 9.94. The fourth-order valence-electron chi connectivity index (χ4n) is 3.85. The van der Waals surface area contributed by atoms with Gasteiger partial charge < -0.3 is 9.30 Å². The van der Waals surface area contributed by atoms with E-state index < -0.39 is 34.4 Å². The summed E-state index contributed by atoms with van der Waals surface area (Å²) in [6.07, 6.45) is 2.65. The van der Waals surface area contributed by atoms with Crippen molar-refractivity contribution in [3.05, 3.63) is 53.9 Å². The number of sulfonamides is 1. The van der Waals surface area contributed by atoms with Gasteiger partial charge in [0.15, 0.2) is 6.61 Å². The van der Waals surface area contributed by atoms with Crippen LogP contribution in [0.3, 0.4) is 0 Å². The van der Waals surface area contributed by atoms with E-state index in [-0.39, 0.29) is 22.3 Å². The standard InChI is InChI=1S/C22H27N3O6S/c1-15-11-16(2)13-25(12-15)32(29,30)18-8-6-17(7-9-18)22(28)31-14-20(26)23-21(27)19-5-4-10-24(19)3/h4-10,15-16H,11-14H2,1-3H3,(H,23,26,27)/t15-,16-/m0/s1. The maximum absolute atomic E-state index is 12.9. The molecule has 1 N–H and O–H groups in total. The van der Waals surface area contributed by atoms with E-state index in [2.05, 4.69) is 5.32 Å². The summed E-state index contributed by atoms with van der Waals surface area (Å²) < 4.78 is 33.8. The number of nitrogens with zero attached hydrogens (tertiary/aromatic N) is 2. The lowest BCUT2D eigenvalue weighted by Crippen LogP contribution is -2.42. The molecule has 3 rings (SSSR count). The van der Waals surface area contributed by atoms with Crippen LogP contribution >= 0.6 is 0 Å². The molecule has 0 aliphatic carbocycles. The highest BCUT2D eigenvalue weighted by Crippen LogP contribution is 2.26. The number of carbonyl (C=O) groups excluding carboxylic acids is 3. The van der Waals surface area contributed by atoms with Crippen LogP contribution in [0.25, 0.3) is 0 Å². The molecule has 1 aliphatic rings. The van der Waals surface area contributed by atoms with Crippen molar-refractivity contribution in [3.63, 3.8) is 0 Å². The van der Waals surface area contributed by atoms with E-state index in [1.165, 1.54) is 28.6 Å². The van der Waals surface area contributed by atoms with Gasteiger partial charge in [0, 0.05) is 26.3 Å². The van der Waals surface area contributed by atoms with Gasteiger partial charge in [0.05, 0.1) is 10.5 Å². The maximum atomic E-state index is 12.9. The number of imide groups is 1. The maximum Gasteiger partial charge on any atom is 0.338 e. The summed E-state index contributed by atoms with van der Waals surface area (Å²) in [5.74, 6) is -1.60.